The minimum atomic E-state index is -0.292. The summed E-state index contributed by atoms with van der Waals surface area (Å²) >= 11 is 0. The second kappa shape index (κ2) is 9.20. The number of carbonyl (C=O) groups excluding carboxylic acids is 1. The molecule has 0 amide bonds. The zero-order valence-corrected chi connectivity index (χ0v) is 11.7. The average molecular weight is 262 g/mol. The topological polar surface area (TPSA) is 35.5 Å². The van der Waals surface area contributed by atoms with Gasteiger partial charge in [-0.1, -0.05) is 32.4 Å². The minimum Gasteiger partial charge on any atom is -0.494 e. The van der Waals surface area contributed by atoms with Gasteiger partial charge in [-0.2, -0.15) is 0 Å². The highest BCUT2D eigenvalue weighted by Gasteiger charge is 1.97. The number of ether oxygens (including phenoxy) is 2. The first-order chi connectivity index (χ1) is 9.26. The Morgan fingerprint density at radius 3 is 2.47 bits per heavy atom. The van der Waals surface area contributed by atoms with Crippen molar-refractivity contribution in [1.29, 1.82) is 0 Å². The molecule has 0 bridgehead atoms. The number of esters is 1. The maximum absolute atomic E-state index is 11.4. The maximum atomic E-state index is 11.4. The Labute approximate surface area is 115 Å². The largest absolute Gasteiger partial charge is 0.494 e. The van der Waals surface area contributed by atoms with Crippen molar-refractivity contribution >= 4 is 12.0 Å². The van der Waals surface area contributed by atoms with Crippen molar-refractivity contribution < 1.29 is 14.3 Å². The fraction of sp³-hybridized carbons (Fsp3) is 0.438. The van der Waals surface area contributed by atoms with E-state index in [-0.39, 0.29) is 5.97 Å². The number of carbonyl (C=O) groups is 1. The summed E-state index contributed by atoms with van der Waals surface area (Å²) in [5.74, 6) is 0.560. The monoisotopic (exact) mass is 262 g/mol. The molecule has 0 atom stereocenters. The lowest BCUT2D eigenvalue weighted by molar-refractivity contribution is -0.137. The molecule has 0 spiro atoms. The van der Waals surface area contributed by atoms with Crippen LogP contribution in [0.5, 0.6) is 5.75 Å². The highest BCUT2D eigenvalue weighted by Crippen LogP contribution is 2.13. The van der Waals surface area contributed by atoms with Crippen molar-refractivity contribution in [2.24, 2.45) is 0 Å². The smallest absolute Gasteiger partial charge is 0.330 e. The molecule has 0 aromatic heterocycles. The molecule has 0 aliphatic heterocycles. The van der Waals surface area contributed by atoms with E-state index >= 15 is 0 Å². The first kappa shape index (κ1) is 15.3. The van der Waals surface area contributed by atoms with E-state index in [0.717, 1.165) is 37.2 Å². The van der Waals surface area contributed by atoms with Crippen LogP contribution in [0.1, 0.15) is 38.7 Å². The van der Waals surface area contributed by atoms with E-state index in [4.69, 9.17) is 9.47 Å². The Morgan fingerprint density at radius 1 is 1.11 bits per heavy atom. The summed E-state index contributed by atoms with van der Waals surface area (Å²) in [5, 5.41) is 0. The fourth-order valence-corrected chi connectivity index (χ4v) is 1.42. The van der Waals surface area contributed by atoms with Gasteiger partial charge in [0.05, 0.1) is 13.2 Å². The van der Waals surface area contributed by atoms with Gasteiger partial charge in [-0.3, -0.25) is 0 Å². The second-order valence-electron chi connectivity index (χ2n) is 4.27. The molecule has 1 aromatic rings. The van der Waals surface area contributed by atoms with E-state index < -0.39 is 0 Å². The molecule has 19 heavy (non-hydrogen) atoms. The molecule has 1 aromatic carbocycles. The van der Waals surface area contributed by atoms with E-state index in [9.17, 15) is 4.79 Å². The normalized spacial score (nSPS) is 10.6. The van der Waals surface area contributed by atoms with E-state index in [2.05, 4.69) is 13.8 Å². The summed E-state index contributed by atoms with van der Waals surface area (Å²) in [5.41, 5.74) is 0.955. The first-order valence-corrected chi connectivity index (χ1v) is 6.84. The predicted octanol–water partition coefficient (Wildman–Crippen LogP) is 3.83. The van der Waals surface area contributed by atoms with E-state index in [1.807, 2.05) is 24.3 Å². The Balaban J connectivity index is 2.41. The zero-order valence-electron chi connectivity index (χ0n) is 11.7. The van der Waals surface area contributed by atoms with Gasteiger partial charge in [-0.25, -0.2) is 4.79 Å². The maximum Gasteiger partial charge on any atom is 0.330 e. The van der Waals surface area contributed by atoms with Crippen molar-refractivity contribution in [3.05, 3.63) is 35.9 Å². The van der Waals surface area contributed by atoms with Crippen molar-refractivity contribution in [2.75, 3.05) is 13.2 Å². The molecule has 1 rings (SSSR count). The van der Waals surface area contributed by atoms with Gasteiger partial charge in [0.2, 0.25) is 0 Å². The molecule has 0 aliphatic carbocycles. The molecule has 0 heterocycles. The van der Waals surface area contributed by atoms with Crippen LogP contribution in [-0.2, 0) is 9.53 Å². The summed E-state index contributed by atoms with van der Waals surface area (Å²) < 4.78 is 10.5. The summed E-state index contributed by atoms with van der Waals surface area (Å²) in [4.78, 5) is 11.4. The molecular formula is C16H22O3. The molecule has 0 saturated carbocycles. The van der Waals surface area contributed by atoms with Crippen molar-refractivity contribution in [3.8, 4) is 5.75 Å². The van der Waals surface area contributed by atoms with Gasteiger partial charge in [0, 0.05) is 6.08 Å². The average Bonchev–Trinajstić information content (AvgIpc) is 2.44. The molecule has 0 radical (unpaired) electrons. The third kappa shape index (κ3) is 6.65. The predicted molar refractivity (Wildman–Crippen MR) is 77.1 cm³/mol. The standard InChI is InChI=1S/C16H22O3/c1-3-5-13-19-16(17)11-8-14-6-9-15(10-7-14)18-12-4-2/h6-11H,3-5,12-13H2,1-2H3. The van der Waals surface area contributed by atoms with Crippen LogP contribution >= 0.6 is 0 Å². The lowest BCUT2D eigenvalue weighted by atomic mass is 10.2. The lowest BCUT2D eigenvalue weighted by Gasteiger charge is -2.04. The SMILES string of the molecule is CCCCOC(=O)C=Cc1ccc(OCCC)cc1. The van der Waals surface area contributed by atoms with Crippen LogP contribution in [0, 0.1) is 0 Å². The summed E-state index contributed by atoms with van der Waals surface area (Å²) in [6.45, 7) is 5.34. The van der Waals surface area contributed by atoms with E-state index in [1.54, 1.807) is 6.08 Å². The quantitative estimate of drug-likeness (QED) is 0.406. The third-order valence-corrected chi connectivity index (χ3v) is 2.51. The highest BCUT2D eigenvalue weighted by atomic mass is 16.5. The van der Waals surface area contributed by atoms with Gasteiger partial charge in [-0.15, -0.1) is 0 Å². The number of benzene rings is 1. The summed E-state index contributed by atoms with van der Waals surface area (Å²) in [7, 11) is 0. The third-order valence-electron chi connectivity index (χ3n) is 2.51. The van der Waals surface area contributed by atoms with E-state index in [0.29, 0.717) is 6.61 Å². The Bertz CT molecular complexity index is 393. The summed E-state index contributed by atoms with van der Waals surface area (Å²) in [6.07, 6.45) is 6.12. The van der Waals surface area contributed by atoms with Crippen molar-refractivity contribution in [1.82, 2.24) is 0 Å². The Morgan fingerprint density at radius 2 is 1.84 bits per heavy atom. The highest BCUT2D eigenvalue weighted by molar-refractivity contribution is 5.87. The molecule has 0 aliphatic rings. The molecule has 0 saturated heterocycles. The van der Waals surface area contributed by atoms with Gasteiger partial charge in [-0.05, 0) is 36.6 Å². The molecular weight excluding hydrogens is 240 g/mol. The van der Waals surface area contributed by atoms with Crippen LogP contribution in [0.3, 0.4) is 0 Å². The van der Waals surface area contributed by atoms with Crippen LogP contribution in [0.25, 0.3) is 6.08 Å². The van der Waals surface area contributed by atoms with Crippen LogP contribution in [0.15, 0.2) is 30.3 Å². The second-order valence-corrected chi connectivity index (χ2v) is 4.27. The Kier molecular flexibility index (Phi) is 7.40. The molecule has 0 fully saturated rings. The van der Waals surface area contributed by atoms with Crippen LogP contribution < -0.4 is 4.74 Å². The molecule has 0 unspecified atom stereocenters. The van der Waals surface area contributed by atoms with Crippen molar-refractivity contribution in [3.63, 3.8) is 0 Å². The van der Waals surface area contributed by atoms with Gasteiger partial charge >= 0.3 is 5.97 Å². The van der Waals surface area contributed by atoms with Gasteiger partial charge in [0.15, 0.2) is 0 Å². The number of hydrogen-bond donors (Lipinski definition) is 0. The lowest BCUT2D eigenvalue weighted by Crippen LogP contribution is -2.01. The van der Waals surface area contributed by atoms with Gasteiger partial charge in [0.25, 0.3) is 0 Å². The molecule has 0 N–H and O–H groups in total. The van der Waals surface area contributed by atoms with E-state index in [1.165, 1.54) is 6.08 Å². The Hall–Kier alpha value is -1.77. The number of hydrogen-bond acceptors (Lipinski definition) is 3. The molecule has 3 nitrogen and oxygen atoms in total. The molecule has 3 heteroatoms. The number of rotatable bonds is 8. The first-order valence-electron chi connectivity index (χ1n) is 6.84. The van der Waals surface area contributed by atoms with Crippen LogP contribution in [0.4, 0.5) is 0 Å². The zero-order chi connectivity index (χ0) is 13.9. The summed E-state index contributed by atoms with van der Waals surface area (Å²) in [6, 6.07) is 7.64. The molecule has 104 valence electrons. The van der Waals surface area contributed by atoms with Crippen LogP contribution in [0.2, 0.25) is 0 Å². The van der Waals surface area contributed by atoms with Crippen molar-refractivity contribution in [2.45, 2.75) is 33.1 Å². The van der Waals surface area contributed by atoms with Gasteiger partial charge < -0.3 is 9.47 Å². The number of unbranched alkanes of at least 4 members (excludes halogenated alkanes) is 1. The van der Waals surface area contributed by atoms with Crippen LogP contribution in [-0.4, -0.2) is 19.2 Å². The minimum absolute atomic E-state index is 0.292. The fourth-order valence-electron chi connectivity index (χ4n) is 1.42. The van der Waals surface area contributed by atoms with Gasteiger partial charge in [0.1, 0.15) is 5.75 Å².